The third-order valence-corrected chi connectivity index (χ3v) is 4.47. The number of piperidine rings is 2. The molecule has 0 aliphatic carbocycles. The Morgan fingerprint density at radius 3 is 1.33 bits per heavy atom. The van der Waals surface area contributed by atoms with Crippen LogP contribution in [-0.4, -0.2) is 88.1 Å². The molecule has 0 aromatic heterocycles. The Labute approximate surface area is 146 Å². The lowest BCUT2D eigenvalue weighted by atomic mass is 10.1. The van der Waals surface area contributed by atoms with Crippen molar-refractivity contribution in [1.82, 2.24) is 9.80 Å². The number of Topliss-reactive ketones (excluding diaryl/α,β-unsaturated/α-hetero) is 2. The van der Waals surface area contributed by atoms with Gasteiger partial charge in [-0.15, -0.1) is 0 Å². The molecular weight excluding hydrogens is 308 g/mol. The van der Waals surface area contributed by atoms with Gasteiger partial charge in [0.25, 0.3) is 0 Å². The molecule has 0 radical (unpaired) electrons. The van der Waals surface area contributed by atoms with Gasteiger partial charge in [0.05, 0.1) is 0 Å². The molecule has 0 N–H and O–H groups in total. The van der Waals surface area contributed by atoms with Crippen molar-refractivity contribution < 1.29 is 19.1 Å². The van der Waals surface area contributed by atoms with Crippen LogP contribution in [0.1, 0.15) is 38.5 Å². The van der Waals surface area contributed by atoms with E-state index in [0.29, 0.717) is 11.6 Å². The molecule has 0 atom stereocenters. The number of nitrogens with zero attached hydrogens (tertiary/aromatic N) is 2. The maximum Gasteiger partial charge on any atom is 0.135 e. The molecule has 2 saturated heterocycles. The summed E-state index contributed by atoms with van der Waals surface area (Å²) >= 11 is 0. The van der Waals surface area contributed by atoms with E-state index < -0.39 is 0 Å². The molecule has 0 amide bonds. The molecule has 6 nitrogen and oxygen atoms in total. The number of carbonyl (C=O) groups is 2. The van der Waals surface area contributed by atoms with E-state index in [2.05, 4.69) is 9.80 Å². The second kappa shape index (κ2) is 13.5. The molecule has 24 heavy (non-hydrogen) atoms. The molecular formula is C18H34N2O4. The Kier molecular flexibility index (Phi) is 11.9. The second-order valence-electron chi connectivity index (χ2n) is 6.45. The molecule has 2 fully saturated rings. The molecule has 2 heterocycles. The fraction of sp³-hybridized carbons (Fsp3) is 0.889. The van der Waals surface area contributed by atoms with E-state index in [9.17, 15) is 9.59 Å². The van der Waals surface area contributed by atoms with Gasteiger partial charge in [0.1, 0.15) is 11.6 Å². The third kappa shape index (κ3) is 10.1. The van der Waals surface area contributed by atoms with Crippen molar-refractivity contribution in [3.05, 3.63) is 0 Å². The lowest BCUT2D eigenvalue weighted by molar-refractivity contribution is -0.122. The van der Waals surface area contributed by atoms with Crippen molar-refractivity contribution in [2.24, 2.45) is 0 Å². The number of methoxy groups -OCH3 is 2. The second-order valence-corrected chi connectivity index (χ2v) is 6.45. The first-order valence-corrected chi connectivity index (χ1v) is 9.11. The van der Waals surface area contributed by atoms with Crippen LogP contribution < -0.4 is 0 Å². The Balaban J connectivity index is 0.000000240. The van der Waals surface area contributed by atoms with Crippen LogP contribution in [0, 0.1) is 0 Å². The summed E-state index contributed by atoms with van der Waals surface area (Å²) in [5.41, 5.74) is 0. The van der Waals surface area contributed by atoms with Crippen LogP contribution in [0.3, 0.4) is 0 Å². The minimum absolute atomic E-state index is 0.415. The summed E-state index contributed by atoms with van der Waals surface area (Å²) in [6.45, 7) is 7.58. The predicted molar refractivity (Wildman–Crippen MR) is 94.3 cm³/mol. The summed E-state index contributed by atoms with van der Waals surface area (Å²) in [6, 6.07) is 0. The zero-order chi connectivity index (χ0) is 17.6. The highest BCUT2D eigenvalue weighted by Gasteiger charge is 2.15. The van der Waals surface area contributed by atoms with Crippen molar-refractivity contribution in [1.29, 1.82) is 0 Å². The first-order valence-electron chi connectivity index (χ1n) is 9.11. The summed E-state index contributed by atoms with van der Waals surface area (Å²) in [5, 5.41) is 0. The van der Waals surface area contributed by atoms with Crippen molar-refractivity contribution in [2.45, 2.75) is 38.5 Å². The highest BCUT2D eigenvalue weighted by Crippen LogP contribution is 2.06. The smallest absolute Gasteiger partial charge is 0.135 e. The Hall–Kier alpha value is -0.820. The number of ketones is 2. The summed E-state index contributed by atoms with van der Waals surface area (Å²) in [4.78, 5) is 26.4. The highest BCUT2D eigenvalue weighted by atomic mass is 16.5. The van der Waals surface area contributed by atoms with E-state index in [4.69, 9.17) is 9.47 Å². The zero-order valence-corrected chi connectivity index (χ0v) is 15.4. The molecule has 140 valence electrons. The van der Waals surface area contributed by atoms with Gasteiger partial charge < -0.3 is 19.3 Å². The van der Waals surface area contributed by atoms with Crippen LogP contribution in [0.25, 0.3) is 0 Å². The first kappa shape index (κ1) is 21.2. The van der Waals surface area contributed by atoms with Crippen LogP contribution in [0.15, 0.2) is 0 Å². The number of rotatable bonds is 8. The fourth-order valence-electron chi connectivity index (χ4n) is 2.92. The van der Waals surface area contributed by atoms with Gasteiger partial charge in [-0.05, 0) is 12.8 Å². The number of hydrogen-bond acceptors (Lipinski definition) is 6. The summed E-state index contributed by atoms with van der Waals surface area (Å²) in [7, 11) is 3.44. The SMILES string of the molecule is COCCCN1CCC(=O)CC1.COCCCN1CCC(=O)CC1. The van der Waals surface area contributed by atoms with Crippen molar-refractivity contribution in [2.75, 3.05) is 66.7 Å². The predicted octanol–water partition coefficient (Wildman–Crippen LogP) is 1.38. The topological polar surface area (TPSA) is 59.1 Å². The minimum Gasteiger partial charge on any atom is -0.385 e. The largest absolute Gasteiger partial charge is 0.385 e. The number of ether oxygens (including phenoxy) is 2. The lowest BCUT2D eigenvalue weighted by Crippen LogP contribution is -2.34. The van der Waals surface area contributed by atoms with Gasteiger partial charge in [0, 0.05) is 92.4 Å². The Bertz CT molecular complexity index is 309. The number of likely N-dealkylation sites (tertiary alicyclic amines) is 2. The average molecular weight is 342 g/mol. The highest BCUT2D eigenvalue weighted by molar-refractivity contribution is 5.79. The van der Waals surface area contributed by atoms with Crippen LogP contribution in [0.4, 0.5) is 0 Å². The lowest BCUT2D eigenvalue weighted by Gasteiger charge is -2.25. The number of hydrogen-bond donors (Lipinski definition) is 0. The summed E-state index contributed by atoms with van der Waals surface area (Å²) in [6.07, 6.45) is 5.12. The van der Waals surface area contributed by atoms with E-state index in [1.54, 1.807) is 14.2 Å². The quantitative estimate of drug-likeness (QED) is 0.621. The molecule has 2 rings (SSSR count). The van der Waals surface area contributed by atoms with Crippen LogP contribution >= 0.6 is 0 Å². The van der Waals surface area contributed by atoms with E-state index in [0.717, 1.165) is 91.0 Å². The van der Waals surface area contributed by atoms with Crippen LogP contribution in [-0.2, 0) is 19.1 Å². The maximum absolute atomic E-state index is 10.9. The maximum atomic E-state index is 10.9. The molecule has 6 heteroatoms. The molecule has 0 aromatic rings. The van der Waals surface area contributed by atoms with Crippen molar-refractivity contribution in [3.8, 4) is 0 Å². The molecule has 0 spiro atoms. The van der Waals surface area contributed by atoms with Crippen molar-refractivity contribution >= 4 is 11.6 Å². The molecule has 0 saturated carbocycles. The normalized spacial score (nSPS) is 19.9. The van der Waals surface area contributed by atoms with E-state index in [1.807, 2.05) is 0 Å². The Morgan fingerprint density at radius 1 is 0.708 bits per heavy atom. The third-order valence-electron chi connectivity index (χ3n) is 4.47. The average Bonchev–Trinajstić information content (AvgIpc) is 2.59. The van der Waals surface area contributed by atoms with Gasteiger partial charge in [-0.1, -0.05) is 0 Å². The van der Waals surface area contributed by atoms with Gasteiger partial charge in [0.15, 0.2) is 0 Å². The molecule has 0 aromatic carbocycles. The van der Waals surface area contributed by atoms with E-state index >= 15 is 0 Å². The molecule has 0 unspecified atom stereocenters. The van der Waals surface area contributed by atoms with E-state index in [-0.39, 0.29) is 0 Å². The van der Waals surface area contributed by atoms with Gasteiger partial charge >= 0.3 is 0 Å². The minimum atomic E-state index is 0.415. The standard InChI is InChI=1S/2C9H17NO2/c2*1-12-8-2-5-10-6-3-9(11)4-7-10/h2*2-8H2,1H3. The molecule has 2 aliphatic rings. The van der Waals surface area contributed by atoms with Gasteiger partial charge in [0.2, 0.25) is 0 Å². The van der Waals surface area contributed by atoms with Gasteiger partial charge in [-0.25, -0.2) is 0 Å². The fourth-order valence-corrected chi connectivity index (χ4v) is 2.92. The first-order chi connectivity index (χ1) is 11.7. The monoisotopic (exact) mass is 342 g/mol. The van der Waals surface area contributed by atoms with Crippen LogP contribution in [0.5, 0.6) is 0 Å². The Morgan fingerprint density at radius 2 is 1.04 bits per heavy atom. The van der Waals surface area contributed by atoms with E-state index in [1.165, 1.54) is 0 Å². The summed E-state index contributed by atoms with van der Waals surface area (Å²) < 4.78 is 9.92. The van der Waals surface area contributed by atoms with Crippen molar-refractivity contribution in [3.63, 3.8) is 0 Å². The zero-order valence-electron chi connectivity index (χ0n) is 15.4. The number of carbonyl (C=O) groups excluding carboxylic acids is 2. The molecule has 2 aliphatic heterocycles. The van der Waals surface area contributed by atoms with Gasteiger partial charge in [-0.3, -0.25) is 9.59 Å². The van der Waals surface area contributed by atoms with Gasteiger partial charge in [-0.2, -0.15) is 0 Å². The molecule has 0 bridgehead atoms. The van der Waals surface area contributed by atoms with Crippen LogP contribution in [0.2, 0.25) is 0 Å². The summed E-state index contributed by atoms with van der Waals surface area (Å²) in [5.74, 6) is 0.830.